The highest BCUT2D eigenvalue weighted by atomic mass is 19.3. The van der Waals surface area contributed by atoms with E-state index in [1.165, 1.54) is 38.5 Å². The minimum atomic E-state index is -2.99. The standard InChI is InChI=1S/C21H24F2N2O6/c1-13-12-14(25(27)28)8-9-15(13)19(26)24-11-10-17(20(29-2)30-3)16-6-4-5-7-18(16)31-21(22)23/h4-9,12,17,20-21H,10-11H2,1-3H3,(H,24,26). The number of methoxy groups -OCH3 is 2. The van der Waals surface area contributed by atoms with Crippen LogP contribution in [0.25, 0.3) is 0 Å². The average molecular weight is 438 g/mol. The van der Waals surface area contributed by atoms with Crippen LogP contribution in [0.2, 0.25) is 0 Å². The van der Waals surface area contributed by atoms with Crippen molar-refractivity contribution in [3.8, 4) is 5.75 Å². The zero-order valence-electron chi connectivity index (χ0n) is 17.3. The molecule has 0 aliphatic heterocycles. The van der Waals surface area contributed by atoms with Gasteiger partial charge >= 0.3 is 6.61 Å². The Hall–Kier alpha value is -3.11. The number of halogens is 2. The lowest BCUT2D eigenvalue weighted by atomic mass is 9.93. The Labute approximate surface area is 178 Å². The number of carbonyl (C=O) groups excluding carboxylic acids is 1. The molecule has 8 nitrogen and oxygen atoms in total. The van der Waals surface area contributed by atoms with Gasteiger partial charge in [-0.2, -0.15) is 8.78 Å². The third-order valence-corrected chi connectivity index (χ3v) is 4.73. The number of para-hydroxylation sites is 1. The summed E-state index contributed by atoms with van der Waals surface area (Å²) in [6, 6.07) is 10.3. The van der Waals surface area contributed by atoms with Crippen LogP contribution in [0.1, 0.15) is 33.8 Å². The van der Waals surface area contributed by atoms with E-state index in [0.717, 1.165) is 0 Å². The van der Waals surface area contributed by atoms with E-state index in [1.807, 2.05) is 0 Å². The highest BCUT2D eigenvalue weighted by Crippen LogP contribution is 2.33. The van der Waals surface area contributed by atoms with E-state index in [2.05, 4.69) is 10.1 Å². The third kappa shape index (κ3) is 6.43. The quantitative estimate of drug-likeness (QED) is 0.323. The number of non-ortho nitro benzene ring substituents is 1. The Morgan fingerprint density at radius 2 is 1.84 bits per heavy atom. The molecule has 0 saturated heterocycles. The maximum Gasteiger partial charge on any atom is 0.387 e. The number of ether oxygens (including phenoxy) is 3. The number of nitro benzene ring substituents is 1. The molecule has 1 amide bonds. The molecule has 1 atom stereocenters. The number of aryl methyl sites for hydroxylation is 1. The lowest BCUT2D eigenvalue weighted by Gasteiger charge is -2.27. The number of amides is 1. The summed E-state index contributed by atoms with van der Waals surface area (Å²) in [5.41, 5.74) is 1.12. The van der Waals surface area contributed by atoms with E-state index < -0.39 is 29.6 Å². The molecule has 0 aliphatic carbocycles. The van der Waals surface area contributed by atoms with Gasteiger partial charge < -0.3 is 19.5 Å². The first-order chi connectivity index (χ1) is 14.8. The molecule has 1 N–H and O–H groups in total. The largest absolute Gasteiger partial charge is 0.435 e. The van der Waals surface area contributed by atoms with Crippen LogP contribution in [0.5, 0.6) is 5.75 Å². The molecule has 2 rings (SSSR count). The Kier molecular flexibility index (Phi) is 8.83. The minimum Gasteiger partial charge on any atom is -0.435 e. The smallest absolute Gasteiger partial charge is 0.387 e. The van der Waals surface area contributed by atoms with Gasteiger partial charge in [0.1, 0.15) is 5.75 Å². The first-order valence-electron chi connectivity index (χ1n) is 9.41. The second-order valence-corrected chi connectivity index (χ2v) is 6.66. The van der Waals surface area contributed by atoms with Crippen molar-refractivity contribution in [3.63, 3.8) is 0 Å². The van der Waals surface area contributed by atoms with Crippen LogP contribution in [0.3, 0.4) is 0 Å². The molecule has 0 spiro atoms. The van der Waals surface area contributed by atoms with E-state index in [9.17, 15) is 23.7 Å². The van der Waals surface area contributed by atoms with E-state index in [4.69, 9.17) is 9.47 Å². The van der Waals surface area contributed by atoms with Crippen LogP contribution < -0.4 is 10.1 Å². The van der Waals surface area contributed by atoms with Gasteiger partial charge in [0, 0.05) is 49.9 Å². The highest BCUT2D eigenvalue weighted by molar-refractivity contribution is 5.95. The summed E-state index contributed by atoms with van der Waals surface area (Å²) in [7, 11) is 2.85. The molecule has 2 aromatic rings. The number of rotatable bonds is 11. The van der Waals surface area contributed by atoms with Crippen molar-refractivity contribution < 1.29 is 32.7 Å². The van der Waals surface area contributed by atoms with Crippen LogP contribution in [0.4, 0.5) is 14.5 Å². The maximum atomic E-state index is 12.8. The predicted octanol–water partition coefficient (Wildman–Crippen LogP) is 4.03. The van der Waals surface area contributed by atoms with Crippen molar-refractivity contribution in [1.82, 2.24) is 5.32 Å². The Morgan fingerprint density at radius 3 is 2.42 bits per heavy atom. The fourth-order valence-electron chi connectivity index (χ4n) is 3.31. The summed E-state index contributed by atoms with van der Waals surface area (Å²) in [6.45, 7) is -1.21. The minimum absolute atomic E-state index is 0.000796. The number of hydrogen-bond acceptors (Lipinski definition) is 6. The SMILES string of the molecule is COC(OC)C(CCNC(=O)c1ccc([N+](=O)[O-])cc1C)c1ccccc1OC(F)F. The molecular formula is C21H24F2N2O6. The molecule has 0 fully saturated rings. The van der Waals surface area contributed by atoms with Crippen LogP contribution >= 0.6 is 0 Å². The molecule has 0 heterocycles. The number of nitrogens with zero attached hydrogens (tertiary/aromatic N) is 1. The molecule has 1 unspecified atom stereocenters. The van der Waals surface area contributed by atoms with Gasteiger partial charge in [-0.25, -0.2) is 0 Å². The van der Waals surface area contributed by atoms with Crippen molar-refractivity contribution in [2.24, 2.45) is 0 Å². The summed E-state index contributed by atoms with van der Waals surface area (Å²) in [4.78, 5) is 22.8. The summed E-state index contributed by atoms with van der Waals surface area (Å²) in [6.07, 6.45) is -0.464. The number of nitro groups is 1. The first-order valence-corrected chi connectivity index (χ1v) is 9.41. The Balaban J connectivity index is 2.15. The van der Waals surface area contributed by atoms with Gasteiger partial charge in [0.05, 0.1) is 4.92 Å². The van der Waals surface area contributed by atoms with Crippen molar-refractivity contribution in [2.45, 2.75) is 32.2 Å². The Morgan fingerprint density at radius 1 is 1.16 bits per heavy atom. The van der Waals surface area contributed by atoms with Gasteiger partial charge in [0.15, 0.2) is 6.29 Å². The molecule has 0 aromatic heterocycles. The van der Waals surface area contributed by atoms with E-state index in [0.29, 0.717) is 23.1 Å². The van der Waals surface area contributed by atoms with Gasteiger partial charge in [-0.3, -0.25) is 14.9 Å². The molecule has 0 radical (unpaired) electrons. The Bertz CT molecular complexity index is 905. The van der Waals surface area contributed by atoms with E-state index >= 15 is 0 Å². The van der Waals surface area contributed by atoms with E-state index in [1.54, 1.807) is 25.1 Å². The second kappa shape index (κ2) is 11.3. The molecular weight excluding hydrogens is 414 g/mol. The highest BCUT2D eigenvalue weighted by Gasteiger charge is 2.27. The van der Waals surface area contributed by atoms with Gasteiger partial charge in [-0.1, -0.05) is 18.2 Å². The van der Waals surface area contributed by atoms with Crippen LogP contribution in [0.15, 0.2) is 42.5 Å². The van der Waals surface area contributed by atoms with Crippen molar-refractivity contribution >= 4 is 11.6 Å². The summed E-state index contributed by atoms with van der Waals surface area (Å²) >= 11 is 0. The summed E-state index contributed by atoms with van der Waals surface area (Å²) in [5.74, 6) is -0.919. The third-order valence-electron chi connectivity index (χ3n) is 4.73. The number of hydrogen-bond donors (Lipinski definition) is 1. The molecule has 168 valence electrons. The van der Waals surface area contributed by atoms with Gasteiger partial charge in [0.25, 0.3) is 11.6 Å². The molecule has 0 bridgehead atoms. The molecule has 10 heteroatoms. The monoisotopic (exact) mass is 438 g/mol. The number of alkyl halides is 2. The van der Waals surface area contributed by atoms with Crippen LogP contribution in [-0.2, 0) is 9.47 Å². The maximum absolute atomic E-state index is 12.8. The zero-order valence-corrected chi connectivity index (χ0v) is 17.3. The molecule has 31 heavy (non-hydrogen) atoms. The number of nitrogens with one attached hydrogen (secondary N) is 1. The van der Waals surface area contributed by atoms with Gasteiger partial charge in [-0.05, 0) is 31.0 Å². The average Bonchev–Trinajstić information content (AvgIpc) is 2.73. The van der Waals surface area contributed by atoms with Crippen molar-refractivity contribution in [3.05, 3.63) is 69.3 Å². The summed E-state index contributed by atoms with van der Waals surface area (Å²) in [5, 5.41) is 13.6. The first kappa shape index (κ1) is 24.2. The van der Waals surface area contributed by atoms with Gasteiger partial charge in [-0.15, -0.1) is 0 Å². The normalized spacial score (nSPS) is 12.1. The topological polar surface area (TPSA) is 99.9 Å². The van der Waals surface area contributed by atoms with Gasteiger partial charge in [0.2, 0.25) is 0 Å². The zero-order chi connectivity index (χ0) is 23.0. The van der Waals surface area contributed by atoms with Crippen molar-refractivity contribution in [1.29, 1.82) is 0 Å². The number of benzene rings is 2. The fraction of sp³-hybridized carbons (Fsp3) is 0.381. The van der Waals surface area contributed by atoms with E-state index in [-0.39, 0.29) is 18.0 Å². The number of carbonyl (C=O) groups is 1. The molecule has 0 aliphatic rings. The summed E-state index contributed by atoms with van der Waals surface area (Å²) < 4.78 is 40.9. The fourth-order valence-corrected chi connectivity index (χ4v) is 3.31. The van der Waals surface area contributed by atoms with Crippen molar-refractivity contribution in [2.75, 3.05) is 20.8 Å². The lowest BCUT2D eigenvalue weighted by molar-refractivity contribution is -0.384. The van der Waals surface area contributed by atoms with Crippen LogP contribution in [0, 0.1) is 17.0 Å². The lowest BCUT2D eigenvalue weighted by Crippen LogP contribution is -2.30. The molecule has 0 saturated carbocycles. The predicted molar refractivity (Wildman–Crippen MR) is 108 cm³/mol. The van der Waals surface area contributed by atoms with Crippen LogP contribution in [-0.4, -0.2) is 44.5 Å². The second-order valence-electron chi connectivity index (χ2n) is 6.66. The molecule has 2 aromatic carbocycles.